The van der Waals surface area contributed by atoms with Gasteiger partial charge in [-0.2, -0.15) is 0 Å². The van der Waals surface area contributed by atoms with E-state index in [1.807, 2.05) is 0 Å². The van der Waals surface area contributed by atoms with Crippen molar-refractivity contribution in [2.45, 2.75) is 194 Å². The lowest BCUT2D eigenvalue weighted by Gasteiger charge is -2.33. The molecule has 3 atom stereocenters. The number of nitrogens with one attached hydrogen (secondary N) is 1. The van der Waals surface area contributed by atoms with Crippen molar-refractivity contribution in [3.05, 3.63) is 0 Å². The molecule has 0 saturated heterocycles. The molecule has 0 aliphatic heterocycles. The molecule has 0 heterocycles. The van der Waals surface area contributed by atoms with Gasteiger partial charge in [0.05, 0.1) is 12.1 Å². The third kappa shape index (κ3) is 23.7. The highest BCUT2D eigenvalue weighted by Gasteiger charge is 2.29. The van der Waals surface area contributed by atoms with E-state index in [0.717, 1.165) is 64.5 Å². The van der Waals surface area contributed by atoms with Crippen LogP contribution < -0.4 is 5.32 Å². The van der Waals surface area contributed by atoms with Gasteiger partial charge in [0.1, 0.15) is 6.10 Å². The van der Waals surface area contributed by atoms with Gasteiger partial charge in [0, 0.05) is 13.0 Å². The Morgan fingerprint density at radius 3 is 1.46 bits per heavy atom. The normalized spacial score (nSPS) is 14.0. The Labute approximate surface area is 244 Å². The molecule has 5 heteroatoms. The van der Waals surface area contributed by atoms with Crippen molar-refractivity contribution >= 4 is 5.91 Å². The first kappa shape index (κ1) is 38.4. The topological polar surface area (TPSA) is 72.8 Å². The molecule has 0 aromatic rings. The second-order valence-corrected chi connectivity index (χ2v) is 12.1. The molecule has 5 nitrogen and oxygen atoms in total. The number of nitrogens with zero attached hydrogens (tertiary/aromatic N) is 1. The molecule has 0 aliphatic rings. The Hall–Kier alpha value is -0.650. The van der Waals surface area contributed by atoms with Crippen molar-refractivity contribution in [1.82, 2.24) is 10.2 Å². The Bertz CT molecular complexity index is 509. The minimum absolute atomic E-state index is 0.0130. The molecule has 0 spiro atoms. The number of unbranched alkanes of at least 4 members (excludes halogenated alkanes) is 17. The van der Waals surface area contributed by atoms with Crippen LogP contribution in [-0.2, 0) is 4.79 Å². The molecule has 0 radical (unpaired) electrons. The minimum atomic E-state index is -0.924. The molecule has 3 unspecified atom stereocenters. The third-order valence-electron chi connectivity index (χ3n) is 8.12. The predicted molar refractivity (Wildman–Crippen MR) is 169 cm³/mol. The maximum Gasteiger partial charge on any atom is 0.220 e. The van der Waals surface area contributed by atoms with Gasteiger partial charge in [-0.05, 0) is 38.8 Å². The largest absolute Gasteiger partial charge is 0.390 e. The lowest BCUT2D eigenvalue weighted by molar-refractivity contribution is -0.124. The number of hydrogen-bond acceptors (Lipinski definition) is 4. The molecule has 0 saturated carbocycles. The smallest absolute Gasteiger partial charge is 0.220 e. The first-order valence-electron chi connectivity index (χ1n) is 17.4. The fourth-order valence-electron chi connectivity index (χ4n) is 5.38. The standard InChI is InChI=1S/C34H70N2O3/c1-5-9-13-15-16-17-18-19-20-21-23-24-26-32(37)34(39)31(30-36(28-11-7-3)29-12-8-4)35-33(38)27-25-22-14-10-6-2/h31-32,34,37,39H,5-30H2,1-4H3,(H,35,38). The van der Waals surface area contributed by atoms with Crippen LogP contribution >= 0.6 is 0 Å². The molecule has 0 rings (SSSR count). The van der Waals surface area contributed by atoms with Gasteiger partial charge in [-0.15, -0.1) is 0 Å². The van der Waals surface area contributed by atoms with Crippen molar-refractivity contribution < 1.29 is 15.0 Å². The average Bonchev–Trinajstić information content (AvgIpc) is 2.93. The van der Waals surface area contributed by atoms with E-state index in [1.54, 1.807) is 0 Å². The Kier molecular flexibility index (Phi) is 28.4. The van der Waals surface area contributed by atoms with Gasteiger partial charge in [0.25, 0.3) is 0 Å². The third-order valence-corrected chi connectivity index (χ3v) is 8.12. The molecule has 1 amide bonds. The van der Waals surface area contributed by atoms with Crippen LogP contribution in [0.4, 0.5) is 0 Å². The fraction of sp³-hybridized carbons (Fsp3) is 0.971. The molecule has 39 heavy (non-hydrogen) atoms. The van der Waals surface area contributed by atoms with Crippen molar-refractivity contribution in [2.24, 2.45) is 0 Å². The summed E-state index contributed by atoms with van der Waals surface area (Å²) in [7, 11) is 0. The Morgan fingerprint density at radius 1 is 0.590 bits per heavy atom. The summed E-state index contributed by atoms with van der Waals surface area (Å²) < 4.78 is 0. The van der Waals surface area contributed by atoms with Gasteiger partial charge >= 0.3 is 0 Å². The lowest BCUT2D eigenvalue weighted by atomic mass is 9.98. The minimum Gasteiger partial charge on any atom is -0.390 e. The quantitative estimate of drug-likeness (QED) is 0.0778. The van der Waals surface area contributed by atoms with E-state index in [9.17, 15) is 15.0 Å². The maximum absolute atomic E-state index is 12.8. The van der Waals surface area contributed by atoms with Gasteiger partial charge in [-0.25, -0.2) is 0 Å². The predicted octanol–water partition coefficient (Wildman–Crippen LogP) is 8.55. The summed E-state index contributed by atoms with van der Waals surface area (Å²) in [6.45, 7) is 11.4. The molecule has 234 valence electrons. The van der Waals surface area contributed by atoms with Gasteiger partial charge < -0.3 is 20.4 Å². The van der Waals surface area contributed by atoms with E-state index in [2.05, 4.69) is 37.9 Å². The van der Waals surface area contributed by atoms with E-state index in [1.165, 1.54) is 83.5 Å². The zero-order valence-corrected chi connectivity index (χ0v) is 26.9. The SMILES string of the molecule is CCCCCCCCCCCCCCC(O)C(O)C(CN(CCCC)CCCC)NC(=O)CCCCCCC. The summed E-state index contributed by atoms with van der Waals surface area (Å²) in [4.78, 5) is 15.1. The summed E-state index contributed by atoms with van der Waals surface area (Å²) in [5, 5.41) is 25.2. The summed E-state index contributed by atoms with van der Waals surface area (Å²) in [6.07, 6.45) is 24.8. The van der Waals surface area contributed by atoms with Crippen LogP contribution in [0.15, 0.2) is 0 Å². The van der Waals surface area contributed by atoms with Gasteiger partial charge in [0.2, 0.25) is 5.91 Å². The first-order chi connectivity index (χ1) is 19.0. The Morgan fingerprint density at radius 2 is 1.00 bits per heavy atom. The van der Waals surface area contributed by atoms with Crippen LogP contribution in [-0.4, -0.2) is 58.9 Å². The van der Waals surface area contributed by atoms with Crippen molar-refractivity contribution in [2.75, 3.05) is 19.6 Å². The van der Waals surface area contributed by atoms with Crippen LogP contribution in [0, 0.1) is 0 Å². The van der Waals surface area contributed by atoms with E-state index >= 15 is 0 Å². The fourth-order valence-corrected chi connectivity index (χ4v) is 5.38. The number of carbonyl (C=O) groups excluding carboxylic acids is 1. The zero-order valence-electron chi connectivity index (χ0n) is 26.9. The highest BCUT2D eigenvalue weighted by atomic mass is 16.3. The summed E-state index contributed by atoms with van der Waals surface area (Å²) in [5.74, 6) is 0.0130. The van der Waals surface area contributed by atoms with Gasteiger partial charge in [-0.3, -0.25) is 4.79 Å². The van der Waals surface area contributed by atoms with Crippen LogP contribution in [0.2, 0.25) is 0 Å². The Balaban J connectivity index is 4.58. The highest BCUT2D eigenvalue weighted by Crippen LogP contribution is 2.16. The second kappa shape index (κ2) is 28.9. The van der Waals surface area contributed by atoms with Crippen LogP contribution in [0.25, 0.3) is 0 Å². The molecular weight excluding hydrogens is 484 g/mol. The van der Waals surface area contributed by atoms with Crippen LogP contribution in [0.3, 0.4) is 0 Å². The molecule has 3 N–H and O–H groups in total. The molecule has 0 aliphatic carbocycles. The van der Waals surface area contributed by atoms with Crippen molar-refractivity contribution in [3.63, 3.8) is 0 Å². The number of aliphatic hydroxyl groups is 2. The van der Waals surface area contributed by atoms with E-state index in [4.69, 9.17) is 0 Å². The number of hydrogen-bond donors (Lipinski definition) is 3. The molecule has 0 fully saturated rings. The summed E-state index contributed by atoms with van der Waals surface area (Å²) in [5.41, 5.74) is 0. The molecular formula is C34H70N2O3. The number of aliphatic hydroxyl groups excluding tert-OH is 2. The van der Waals surface area contributed by atoms with Crippen molar-refractivity contribution in [1.29, 1.82) is 0 Å². The summed E-state index contributed by atoms with van der Waals surface area (Å²) >= 11 is 0. The van der Waals surface area contributed by atoms with E-state index in [0.29, 0.717) is 19.4 Å². The average molecular weight is 555 g/mol. The highest BCUT2D eigenvalue weighted by molar-refractivity contribution is 5.76. The molecule has 0 aromatic carbocycles. The monoisotopic (exact) mass is 555 g/mol. The number of rotatable bonds is 30. The second-order valence-electron chi connectivity index (χ2n) is 12.1. The molecule has 0 bridgehead atoms. The van der Waals surface area contributed by atoms with E-state index < -0.39 is 18.2 Å². The lowest BCUT2D eigenvalue weighted by Crippen LogP contribution is -2.54. The van der Waals surface area contributed by atoms with Crippen LogP contribution in [0.5, 0.6) is 0 Å². The van der Waals surface area contributed by atoms with E-state index in [-0.39, 0.29) is 5.91 Å². The van der Waals surface area contributed by atoms with Gasteiger partial charge in [0.15, 0.2) is 0 Å². The number of carbonyl (C=O) groups is 1. The first-order valence-corrected chi connectivity index (χ1v) is 17.4. The number of amides is 1. The molecule has 0 aromatic heterocycles. The van der Waals surface area contributed by atoms with Gasteiger partial charge in [-0.1, -0.05) is 143 Å². The maximum atomic E-state index is 12.8. The van der Waals surface area contributed by atoms with Crippen LogP contribution in [0.1, 0.15) is 175 Å². The van der Waals surface area contributed by atoms with Crippen molar-refractivity contribution in [3.8, 4) is 0 Å². The summed E-state index contributed by atoms with van der Waals surface area (Å²) in [6, 6.07) is -0.422. The zero-order chi connectivity index (χ0) is 29.0.